The molecule has 31 heavy (non-hydrogen) atoms. The number of nitrogens with one attached hydrogen (secondary N) is 2. The van der Waals surface area contributed by atoms with Crippen LogP contribution in [0.3, 0.4) is 0 Å². The van der Waals surface area contributed by atoms with Crippen molar-refractivity contribution in [1.29, 1.82) is 0 Å². The van der Waals surface area contributed by atoms with Gasteiger partial charge in [0.1, 0.15) is 5.75 Å². The zero-order chi connectivity index (χ0) is 22.2. The number of anilines is 2. The van der Waals surface area contributed by atoms with Gasteiger partial charge >= 0.3 is 5.97 Å². The zero-order valence-corrected chi connectivity index (χ0v) is 17.2. The molecule has 0 aliphatic rings. The molecule has 0 spiro atoms. The first-order valence-electron chi connectivity index (χ1n) is 9.59. The van der Waals surface area contributed by atoms with E-state index in [1.807, 2.05) is 31.2 Å². The zero-order valence-electron chi connectivity index (χ0n) is 17.2. The average Bonchev–Trinajstić information content (AvgIpc) is 2.75. The van der Waals surface area contributed by atoms with Crippen LogP contribution in [-0.4, -0.2) is 24.4 Å². The standard InChI is InChI=1S/C24H22N2O5/c1-16-7-13-20(14-8-16)31-22-6-4-3-5-21(22)26-23(28)15-30-24(29)18-9-11-19(12-10-18)25-17(2)27/h3-14H,15H2,1-2H3,(H,25,27)(H,26,28). The summed E-state index contributed by atoms with van der Waals surface area (Å²) in [5.41, 5.74) is 2.40. The summed E-state index contributed by atoms with van der Waals surface area (Å²) in [5.74, 6) is -0.239. The second-order valence-electron chi connectivity index (χ2n) is 6.79. The van der Waals surface area contributed by atoms with Crippen molar-refractivity contribution < 1.29 is 23.9 Å². The van der Waals surface area contributed by atoms with E-state index in [9.17, 15) is 14.4 Å². The third-order valence-electron chi connectivity index (χ3n) is 4.19. The first-order valence-corrected chi connectivity index (χ1v) is 9.59. The van der Waals surface area contributed by atoms with Crippen molar-refractivity contribution in [2.45, 2.75) is 13.8 Å². The Hall–Kier alpha value is -4.13. The molecule has 0 saturated carbocycles. The molecule has 0 atom stereocenters. The van der Waals surface area contributed by atoms with E-state index in [1.54, 1.807) is 36.4 Å². The highest BCUT2D eigenvalue weighted by molar-refractivity contribution is 5.96. The number of ether oxygens (including phenoxy) is 2. The van der Waals surface area contributed by atoms with Crippen molar-refractivity contribution in [3.05, 3.63) is 83.9 Å². The quantitative estimate of drug-likeness (QED) is 0.550. The van der Waals surface area contributed by atoms with Crippen molar-refractivity contribution >= 4 is 29.2 Å². The molecule has 7 heteroatoms. The Bertz CT molecular complexity index is 1080. The van der Waals surface area contributed by atoms with Gasteiger partial charge in [-0.1, -0.05) is 29.8 Å². The molecule has 2 N–H and O–H groups in total. The highest BCUT2D eigenvalue weighted by Crippen LogP contribution is 2.29. The normalized spacial score (nSPS) is 10.1. The van der Waals surface area contributed by atoms with Crippen LogP contribution in [0.2, 0.25) is 0 Å². The minimum absolute atomic E-state index is 0.210. The second kappa shape index (κ2) is 10.1. The topological polar surface area (TPSA) is 93.7 Å². The van der Waals surface area contributed by atoms with Gasteiger partial charge in [-0.25, -0.2) is 4.79 Å². The molecule has 3 aromatic carbocycles. The van der Waals surface area contributed by atoms with Crippen LogP contribution in [0, 0.1) is 6.92 Å². The maximum atomic E-state index is 12.3. The maximum absolute atomic E-state index is 12.3. The summed E-state index contributed by atoms with van der Waals surface area (Å²) in [7, 11) is 0. The van der Waals surface area contributed by atoms with Gasteiger partial charge in [0.05, 0.1) is 11.3 Å². The highest BCUT2D eigenvalue weighted by atomic mass is 16.5. The molecule has 0 unspecified atom stereocenters. The van der Waals surface area contributed by atoms with E-state index in [1.165, 1.54) is 19.1 Å². The Kier molecular flexibility index (Phi) is 7.01. The molecule has 0 aromatic heterocycles. The molecule has 0 aliphatic heterocycles. The van der Waals surface area contributed by atoms with Crippen molar-refractivity contribution in [3.8, 4) is 11.5 Å². The number of rotatable bonds is 7. The monoisotopic (exact) mass is 418 g/mol. The lowest BCUT2D eigenvalue weighted by molar-refractivity contribution is -0.119. The van der Waals surface area contributed by atoms with Crippen LogP contribution in [0.15, 0.2) is 72.8 Å². The highest BCUT2D eigenvalue weighted by Gasteiger charge is 2.13. The molecule has 158 valence electrons. The van der Waals surface area contributed by atoms with E-state index in [4.69, 9.17) is 9.47 Å². The predicted octanol–water partition coefficient (Wildman–Crippen LogP) is 4.54. The minimum atomic E-state index is -0.645. The van der Waals surface area contributed by atoms with E-state index in [0.29, 0.717) is 22.9 Å². The van der Waals surface area contributed by atoms with Gasteiger partial charge in [0.15, 0.2) is 12.4 Å². The van der Waals surface area contributed by atoms with Crippen molar-refractivity contribution in [1.82, 2.24) is 0 Å². The molecule has 0 fully saturated rings. The largest absolute Gasteiger partial charge is 0.455 e. The first-order chi connectivity index (χ1) is 14.9. The van der Waals surface area contributed by atoms with Gasteiger partial charge in [-0.15, -0.1) is 0 Å². The Labute approximate surface area is 180 Å². The number of para-hydroxylation sites is 2. The van der Waals surface area contributed by atoms with E-state index < -0.39 is 18.5 Å². The van der Waals surface area contributed by atoms with Gasteiger partial charge < -0.3 is 20.1 Å². The van der Waals surface area contributed by atoms with Gasteiger partial charge in [0, 0.05) is 12.6 Å². The number of amides is 2. The fourth-order valence-corrected chi connectivity index (χ4v) is 2.69. The lowest BCUT2D eigenvalue weighted by atomic mass is 10.2. The SMILES string of the molecule is CC(=O)Nc1ccc(C(=O)OCC(=O)Nc2ccccc2Oc2ccc(C)cc2)cc1. The van der Waals surface area contributed by atoms with Crippen LogP contribution in [0.1, 0.15) is 22.8 Å². The second-order valence-corrected chi connectivity index (χ2v) is 6.79. The first kappa shape index (κ1) is 21.6. The maximum Gasteiger partial charge on any atom is 0.338 e. The molecule has 0 bridgehead atoms. The molecule has 3 rings (SSSR count). The number of carbonyl (C=O) groups excluding carboxylic acids is 3. The summed E-state index contributed by atoms with van der Waals surface area (Å²) in [6.07, 6.45) is 0. The average molecular weight is 418 g/mol. The Morgan fingerprint density at radius 1 is 0.839 bits per heavy atom. The summed E-state index contributed by atoms with van der Waals surface area (Å²) >= 11 is 0. The van der Waals surface area contributed by atoms with Crippen LogP contribution in [-0.2, 0) is 14.3 Å². The summed E-state index contributed by atoms with van der Waals surface area (Å²) < 4.78 is 10.9. The number of aryl methyl sites for hydroxylation is 1. The van der Waals surface area contributed by atoms with Crippen molar-refractivity contribution in [3.63, 3.8) is 0 Å². The van der Waals surface area contributed by atoms with E-state index in [0.717, 1.165) is 5.56 Å². The number of hydrogen-bond acceptors (Lipinski definition) is 5. The minimum Gasteiger partial charge on any atom is -0.455 e. The molecule has 7 nitrogen and oxygen atoms in total. The van der Waals surface area contributed by atoms with Crippen LogP contribution in [0.5, 0.6) is 11.5 Å². The number of carbonyl (C=O) groups is 3. The van der Waals surface area contributed by atoms with E-state index in [2.05, 4.69) is 10.6 Å². The van der Waals surface area contributed by atoms with Crippen LogP contribution in [0.4, 0.5) is 11.4 Å². The van der Waals surface area contributed by atoms with E-state index >= 15 is 0 Å². The van der Waals surface area contributed by atoms with E-state index in [-0.39, 0.29) is 11.5 Å². The molecule has 3 aromatic rings. The lowest BCUT2D eigenvalue weighted by Crippen LogP contribution is -2.21. The number of esters is 1. The predicted molar refractivity (Wildman–Crippen MR) is 117 cm³/mol. The van der Waals surface area contributed by atoms with Crippen molar-refractivity contribution in [2.75, 3.05) is 17.2 Å². The van der Waals surface area contributed by atoms with Gasteiger partial charge in [-0.05, 0) is 55.5 Å². The van der Waals surface area contributed by atoms with Gasteiger partial charge in [-0.2, -0.15) is 0 Å². The molecule has 0 radical (unpaired) electrons. The molecule has 0 saturated heterocycles. The molecule has 0 aliphatic carbocycles. The molecule has 0 heterocycles. The smallest absolute Gasteiger partial charge is 0.338 e. The summed E-state index contributed by atoms with van der Waals surface area (Å²) in [6, 6.07) is 20.7. The number of benzene rings is 3. The Morgan fingerprint density at radius 2 is 1.52 bits per heavy atom. The van der Waals surface area contributed by atoms with Crippen LogP contribution < -0.4 is 15.4 Å². The van der Waals surface area contributed by atoms with Gasteiger partial charge in [-0.3, -0.25) is 9.59 Å². The molecule has 2 amide bonds. The third-order valence-corrected chi connectivity index (χ3v) is 4.19. The Balaban J connectivity index is 1.56. The fourth-order valence-electron chi connectivity index (χ4n) is 2.69. The van der Waals surface area contributed by atoms with Crippen LogP contribution >= 0.6 is 0 Å². The summed E-state index contributed by atoms with van der Waals surface area (Å²) in [5, 5.41) is 5.30. The fraction of sp³-hybridized carbons (Fsp3) is 0.125. The lowest BCUT2D eigenvalue weighted by Gasteiger charge is -2.12. The van der Waals surface area contributed by atoms with Gasteiger partial charge in [0.2, 0.25) is 5.91 Å². The Morgan fingerprint density at radius 3 is 2.19 bits per heavy atom. The molecular formula is C24H22N2O5. The summed E-state index contributed by atoms with van der Waals surface area (Å²) in [6.45, 7) is 2.92. The van der Waals surface area contributed by atoms with Gasteiger partial charge in [0.25, 0.3) is 5.91 Å². The van der Waals surface area contributed by atoms with Crippen molar-refractivity contribution in [2.24, 2.45) is 0 Å². The summed E-state index contributed by atoms with van der Waals surface area (Å²) in [4.78, 5) is 35.5. The third kappa shape index (κ3) is 6.43. The van der Waals surface area contributed by atoms with Crippen LogP contribution in [0.25, 0.3) is 0 Å². The molecular weight excluding hydrogens is 396 g/mol. The number of hydrogen-bond donors (Lipinski definition) is 2.